The SMILES string of the molecule is [C-]#[N+]c1ccc(C(=O)OCC)n1CC1CCCCC1. The van der Waals surface area contributed by atoms with Gasteiger partial charge in [0.05, 0.1) is 13.2 Å². The second-order valence-electron chi connectivity index (χ2n) is 5.02. The summed E-state index contributed by atoms with van der Waals surface area (Å²) < 4.78 is 6.89. The number of nitrogens with zero attached hydrogens (tertiary/aromatic N) is 2. The van der Waals surface area contributed by atoms with Crippen molar-refractivity contribution < 1.29 is 9.53 Å². The maximum atomic E-state index is 11.9. The molecule has 1 saturated carbocycles. The minimum absolute atomic E-state index is 0.326. The molecule has 0 radical (unpaired) electrons. The summed E-state index contributed by atoms with van der Waals surface area (Å²) in [6.45, 7) is 10.1. The van der Waals surface area contributed by atoms with Gasteiger partial charge in [0, 0.05) is 0 Å². The summed E-state index contributed by atoms with van der Waals surface area (Å²) in [5, 5.41) is 0. The minimum atomic E-state index is -0.326. The van der Waals surface area contributed by atoms with Crippen LogP contribution in [0.5, 0.6) is 0 Å². The molecule has 102 valence electrons. The van der Waals surface area contributed by atoms with Crippen molar-refractivity contribution in [2.24, 2.45) is 5.92 Å². The van der Waals surface area contributed by atoms with Crippen LogP contribution in [0.1, 0.15) is 49.5 Å². The molecule has 1 heterocycles. The molecule has 0 N–H and O–H groups in total. The Bertz CT molecular complexity index is 479. The second-order valence-corrected chi connectivity index (χ2v) is 5.02. The Labute approximate surface area is 114 Å². The highest BCUT2D eigenvalue weighted by molar-refractivity contribution is 5.88. The predicted molar refractivity (Wildman–Crippen MR) is 73.2 cm³/mol. The van der Waals surface area contributed by atoms with E-state index in [2.05, 4.69) is 4.85 Å². The molecule has 0 saturated heterocycles. The van der Waals surface area contributed by atoms with E-state index in [1.807, 2.05) is 4.57 Å². The smallest absolute Gasteiger partial charge is 0.376 e. The number of hydrogen-bond donors (Lipinski definition) is 0. The lowest BCUT2D eigenvalue weighted by Crippen LogP contribution is -2.18. The molecule has 1 aliphatic carbocycles. The van der Waals surface area contributed by atoms with E-state index < -0.39 is 0 Å². The Balaban J connectivity index is 2.18. The van der Waals surface area contributed by atoms with Gasteiger partial charge in [-0.3, -0.25) is 4.57 Å². The third-order valence-electron chi connectivity index (χ3n) is 3.72. The molecule has 0 atom stereocenters. The molecule has 0 unspecified atom stereocenters. The van der Waals surface area contributed by atoms with Crippen LogP contribution in [0.25, 0.3) is 4.85 Å². The Hall–Kier alpha value is -1.76. The van der Waals surface area contributed by atoms with E-state index in [1.54, 1.807) is 19.1 Å². The first-order valence-corrected chi connectivity index (χ1v) is 7.00. The molecule has 0 aromatic carbocycles. The molecule has 0 aliphatic heterocycles. The molecule has 19 heavy (non-hydrogen) atoms. The number of aromatic nitrogens is 1. The van der Waals surface area contributed by atoms with Crippen LogP contribution >= 0.6 is 0 Å². The molecule has 4 heteroatoms. The van der Waals surface area contributed by atoms with Crippen LogP contribution in [0.2, 0.25) is 0 Å². The maximum Gasteiger partial charge on any atom is 0.376 e. The van der Waals surface area contributed by atoms with Gasteiger partial charge >= 0.3 is 5.97 Å². The zero-order valence-corrected chi connectivity index (χ0v) is 11.4. The van der Waals surface area contributed by atoms with E-state index in [-0.39, 0.29) is 5.97 Å². The average molecular weight is 260 g/mol. The monoisotopic (exact) mass is 260 g/mol. The van der Waals surface area contributed by atoms with E-state index in [0.717, 1.165) is 6.54 Å². The highest BCUT2D eigenvalue weighted by Gasteiger charge is 2.23. The normalized spacial score (nSPS) is 16.0. The van der Waals surface area contributed by atoms with E-state index in [0.29, 0.717) is 24.0 Å². The lowest BCUT2D eigenvalue weighted by atomic mass is 9.89. The Kier molecular flexibility index (Phi) is 4.62. The highest BCUT2D eigenvalue weighted by atomic mass is 16.5. The highest BCUT2D eigenvalue weighted by Crippen LogP contribution is 2.28. The molecular formula is C15H20N2O2. The van der Waals surface area contributed by atoms with Crippen molar-refractivity contribution in [3.05, 3.63) is 29.2 Å². The summed E-state index contributed by atoms with van der Waals surface area (Å²) in [7, 11) is 0. The molecule has 4 nitrogen and oxygen atoms in total. The lowest BCUT2D eigenvalue weighted by molar-refractivity contribution is 0.0512. The van der Waals surface area contributed by atoms with Crippen molar-refractivity contribution >= 4 is 11.8 Å². The quantitative estimate of drug-likeness (QED) is 0.610. The van der Waals surface area contributed by atoms with Crippen LogP contribution in [-0.2, 0) is 11.3 Å². The molecule has 0 spiro atoms. The van der Waals surface area contributed by atoms with Crippen LogP contribution in [0.4, 0.5) is 5.82 Å². The van der Waals surface area contributed by atoms with Gasteiger partial charge in [-0.25, -0.2) is 4.79 Å². The summed E-state index contributed by atoms with van der Waals surface area (Å²) >= 11 is 0. The van der Waals surface area contributed by atoms with Crippen LogP contribution in [0, 0.1) is 12.5 Å². The number of hydrogen-bond acceptors (Lipinski definition) is 2. The summed E-state index contributed by atoms with van der Waals surface area (Å²) in [4.78, 5) is 15.4. The van der Waals surface area contributed by atoms with E-state index in [4.69, 9.17) is 11.3 Å². The van der Waals surface area contributed by atoms with Gasteiger partial charge in [-0.05, 0) is 37.8 Å². The van der Waals surface area contributed by atoms with Crippen molar-refractivity contribution in [3.63, 3.8) is 0 Å². The fourth-order valence-electron chi connectivity index (χ4n) is 2.76. The molecule has 1 aliphatic rings. The number of rotatable bonds is 4. The fourth-order valence-corrected chi connectivity index (χ4v) is 2.76. The van der Waals surface area contributed by atoms with Gasteiger partial charge in [0.2, 0.25) is 5.82 Å². The van der Waals surface area contributed by atoms with Crippen LogP contribution in [-0.4, -0.2) is 17.1 Å². The summed E-state index contributed by atoms with van der Waals surface area (Å²) in [5.41, 5.74) is 0.512. The number of carbonyl (C=O) groups excluding carboxylic acids is 1. The van der Waals surface area contributed by atoms with Crippen molar-refractivity contribution in [3.8, 4) is 0 Å². The summed E-state index contributed by atoms with van der Waals surface area (Å²) in [5.74, 6) is 0.789. The van der Waals surface area contributed by atoms with E-state index >= 15 is 0 Å². The number of esters is 1. The first-order chi connectivity index (χ1) is 9.26. The third kappa shape index (κ3) is 3.17. The van der Waals surface area contributed by atoms with Crippen molar-refractivity contribution in [2.75, 3.05) is 6.61 Å². The minimum Gasteiger partial charge on any atom is -0.460 e. The van der Waals surface area contributed by atoms with E-state index in [9.17, 15) is 4.79 Å². The van der Waals surface area contributed by atoms with Gasteiger partial charge in [0.15, 0.2) is 5.69 Å². The Morgan fingerprint density at radius 1 is 1.42 bits per heavy atom. The van der Waals surface area contributed by atoms with Crippen molar-refractivity contribution in [1.29, 1.82) is 0 Å². The molecule has 1 aromatic heterocycles. The Morgan fingerprint density at radius 2 is 2.16 bits per heavy atom. The van der Waals surface area contributed by atoms with Gasteiger partial charge in [-0.15, -0.1) is 0 Å². The largest absolute Gasteiger partial charge is 0.460 e. The fraction of sp³-hybridized carbons (Fsp3) is 0.600. The first-order valence-electron chi connectivity index (χ1n) is 7.00. The van der Waals surface area contributed by atoms with Gasteiger partial charge < -0.3 is 9.58 Å². The van der Waals surface area contributed by atoms with Crippen molar-refractivity contribution in [2.45, 2.75) is 45.6 Å². The summed E-state index contributed by atoms with van der Waals surface area (Å²) in [6, 6.07) is 3.41. The molecular weight excluding hydrogens is 240 g/mol. The topological polar surface area (TPSA) is 35.6 Å². The molecule has 0 amide bonds. The zero-order chi connectivity index (χ0) is 13.7. The standard InChI is InChI=1S/C15H20N2O2/c1-3-19-15(18)13-9-10-14(16-2)17(13)11-12-7-5-4-6-8-12/h9-10,12H,3-8,11H2,1H3. The first kappa shape index (κ1) is 13.7. The zero-order valence-electron chi connectivity index (χ0n) is 11.4. The van der Waals surface area contributed by atoms with Gasteiger partial charge in [0.25, 0.3) is 0 Å². The Morgan fingerprint density at radius 3 is 2.79 bits per heavy atom. The molecule has 1 fully saturated rings. The molecule has 1 aromatic rings. The van der Waals surface area contributed by atoms with Crippen LogP contribution < -0.4 is 0 Å². The second kappa shape index (κ2) is 6.42. The molecule has 2 rings (SSSR count). The van der Waals surface area contributed by atoms with Gasteiger partial charge in [-0.2, -0.15) is 0 Å². The lowest BCUT2D eigenvalue weighted by Gasteiger charge is -2.21. The van der Waals surface area contributed by atoms with E-state index in [1.165, 1.54) is 32.1 Å². The van der Waals surface area contributed by atoms with Gasteiger partial charge in [0.1, 0.15) is 0 Å². The van der Waals surface area contributed by atoms with Crippen molar-refractivity contribution in [1.82, 2.24) is 4.57 Å². The predicted octanol–water partition coefficient (Wildman–Crippen LogP) is 3.80. The van der Waals surface area contributed by atoms with Crippen LogP contribution in [0.15, 0.2) is 12.1 Å². The number of carbonyl (C=O) groups is 1. The molecule has 0 bridgehead atoms. The average Bonchev–Trinajstić information content (AvgIpc) is 2.83. The third-order valence-corrected chi connectivity index (χ3v) is 3.72. The number of ether oxygens (including phenoxy) is 1. The van der Waals surface area contributed by atoms with Gasteiger partial charge in [-0.1, -0.05) is 25.8 Å². The summed E-state index contributed by atoms with van der Waals surface area (Å²) in [6.07, 6.45) is 6.21. The maximum absolute atomic E-state index is 11.9. The van der Waals surface area contributed by atoms with Crippen LogP contribution in [0.3, 0.4) is 0 Å².